The number of unbranched alkanes of at least 4 members (excludes halogenated alkanes) is 7. The van der Waals surface area contributed by atoms with Crippen LogP contribution in [-0.4, -0.2) is 10.7 Å². The van der Waals surface area contributed by atoms with Gasteiger partial charge in [0.1, 0.15) is 0 Å². The standard InChI is InChI=1S/C20H40O/c1-4-5-6-7-8-9-10-11-15-20(21)16-12-13-19(14-17-20)18(2)3/h18-19,21H,4-17H2,1-3H3. The molecule has 0 aromatic heterocycles. The quantitative estimate of drug-likeness (QED) is 0.361. The lowest BCUT2D eigenvalue weighted by atomic mass is 9.86. The molecule has 1 saturated carbocycles. The first-order valence-corrected chi connectivity index (χ1v) is 9.80. The van der Waals surface area contributed by atoms with Crippen LogP contribution in [0.15, 0.2) is 0 Å². The van der Waals surface area contributed by atoms with Crippen molar-refractivity contribution in [2.45, 2.75) is 116 Å². The number of hydrogen-bond donors (Lipinski definition) is 1. The van der Waals surface area contributed by atoms with Crippen LogP contribution in [0.1, 0.15) is 111 Å². The zero-order chi connectivity index (χ0) is 15.6. The van der Waals surface area contributed by atoms with E-state index < -0.39 is 0 Å². The summed E-state index contributed by atoms with van der Waals surface area (Å²) in [7, 11) is 0. The molecule has 1 rings (SSSR count). The van der Waals surface area contributed by atoms with Gasteiger partial charge in [0.25, 0.3) is 0 Å². The van der Waals surface area contributed by atoms with Crippen LogP contribution in [0.4, 0.5) is 0 Å². The van der Waals surface area contributed by atoms with Gasteiger partial charge in [0.15, 0.2) is 0 Å². The van der Waals surface area contributed by atoms with Crippen LogP contribution in [0.2, 0.25) is 0 Å². The molecular weight excluding hydrogens is 256 g/mol. The fourth-order valence-corrected chi connectivity index (χ4v) is 3.92. The fraction of sp³-hybridized carbons (Fsp3) is 1.00. The predicted octanol–water partition coefficient (Wildman–Crippen LogP) is 6.48. The van der Waals surface area contributed by atoms with Gasteiger partial charge in [-0.1, -0.05) is 85.0 Å². The van der Waals surface area contributed by atoms with Gasteiger partial charge in [-0.25, -0.2) is 0 Å². The molecule has 0 saturated heterocycles. The van der Waals surface area contributed by atoms with E-state index in [-0.39, 0.29) is 5.60 Å². The van der Waals surface area contributed by atoms with Crippen molar-refractivity contribution < 1.29 is 5.11 Å². The van der Waals surface area contributed by atoms with Crippen molar-refractivity contribution in [1.82, 2.24) is 0 Å². The summed E-state index contributed by atoms with van der Waals surface area (Å²) in [4.78, 5) is 0. The molecule has 1 fully saturated rings. The van der Waals surface area contributed by atoms with Crippen molar-refractivity contribution in [3.8, 4) is 0 Å². The third-order valence-corrected chi connectivity index (χ3v) is 5.64. The van der Waals surface area contributed by atoms with E-state index in [2.05, 4.69) is 20.8 Å². The van der Waals surface area contributed by atoms with Gasteiger partial charge in [0.2, 0.25) is 0 Å². The van der Waals surface area contributed by atoms with Gasteiger partial charge in [-0.2, -0.15) is 0 Å². The first-order chi connectivity index (χ1) is 10.1. The van der Waals surface area contributed by atoms with E-state index in [4.69, 9.17) is 0 Å². The van der Waals surface area contributed by atoms with Gasteiger partial charge < -0.3 is 5.11 Å². The summed E-state index contributed by atoms with van der Waals surface area (Å²) in [6, 6.07) is 0. The van der Waals surface area contributed by atoms with Crippen molar-refractivity contribution in [3.63, 3.8) is 0 Å². The van der Waals surface area contributed by atoms with E-state index in [1.165, 1.54) is 70.6 Å². The van der Waals surface area contributed by atoms with Crippen molar-refractivity contribution in [1.29, 1.82) is 0 Å². The first-order valence-electron chi connectivity index (χ1n) is 9.80. The molecule has 1 N–H and O–H groups in total. The lowest BCUT2D eigenvalue weighted by Gasteiger charge is -2.27. The Labute approximate surface area is 133 Å². The van der Waals surface area contributed by atoms with Crippen LogP contribution < -0.4 is 0 Å². The number of hydrogen-bond acceptors (Lipinski definition) is 1. The molecule has 0 aliphatic heterocycles. The maximum atomic E-state index is 10.8. The molecule has 0 aromatic rings. The van der Waals surface area contributed by atoms with E-state index in [1.807, 2.05) is 0 Å². The summed E-state index contributed by atoms with van der Waals surface area (Å²) in [5.41, 5.74) is -0.328. The average Bonchev–Trinajstić information content (AvgIpc) is 2.64. The maximum Gasteiger partial charge on any atom is 0.0648 e. The summed E-state index contributed by atoms with van der Waals surface area (Å²) >= 11 is 0. The van der Waals surface area contributed by atoms with Crippen LogP contribution in [0, 0.1) is 11.8 Å². The highest BCUT2D eigenvalue weighted by Gasteiger charge is 2.30. The van der Waals surface area contributed by atoms with E-state index in [9.17, 15) is 5.11 Å². The Kier molecular flexibility index (Phi) is 9.64. The minimum absolute atomic E-state index is 0.328. The van der Waals surface area contributed by atoms with Gasteiger partial charge in [-0.15, -0.1) is 0 Å². The van der Waals surface area contributed by atoms with E-state index >= 15 is 0 Å². The Morgan fingerprint density at radius 1 is 0.905 bits per heavy atom. The van der Waals surface area contributed by atoms with Crippen molar-refractivity contribution >= 4 is 0 Å². The van der Waals surface area contributed by atoms with Crippen LogP contribution in [0.25, 0.3) is 0 Å². The topological polar surface area (TPSA) is 20.2 Å². The Morgan fingerprint density at radius 3 is 2.14 bits per heavy atom. The zero-order valence-electron chi connectivity index (χ0n) is 15.0. The maximum absolute atomic E-state index is 10.8. The average molecular weight is 297 g/mol. The summed E-state index contributed by atoms with van der Waals surface area (Å²) in [5.74, 6) is 1.63. The molecule has 0 spiro atoms. The lowest BCUT2D eigenvalue weighted by molar-refractivity contribution is 0.0125. The Balaban J connectivity index is 2.10. The van der Waals surface area contributed by atoms with Gasteiger partial charge >= 0.3 is 0 Å². The molecular formula is C20H40O. The minimum Gasteiger partial charge on any atom is -0.390 e. The molecule has 0 bridgehead atoms. The lowest BCUT2D eigenvalue weighted by Crippen LogP contribution is -2.27. The SMILES string of the molecule is CCCCCCCCCCC1(O)CCCC(C(C)C)CC1. The molecule has 2 unspecified atom stereocenters. The highest BCUT2D eigenvalue weighted by atomic mass is 16.3. The smallest absolute Gasteiger partial charge is 0.0648 e. The Hall–Kier alpha value is -0.0400. The minimum atomic E-state index is -0.328. The van der Waals surface area contributed by atoms with Crippen molar-refractivity contribution in [2.75, 3.05) is 0 Å². The van der Waals surface area contributed by atoms with Gasteiger partial charge in [0.05, 0.1) is 5.60 Å². The second-order valence-electron chi connectivity index (χ2n) is 7.88. The molecule has 126 valence electrons. The largest absolute Gasteiger partial charge is 0.390 e. The van der Waals surface area contributed by atoms with Crippen LogP contribution in [0.3, 0.4) is 0 Å². The second kappa shape index (κ2) is 10.6. The number of aliphatic hydroxyl groups is 1. The van der Waals surface area contributed by atoms with Gasteiger partial charge in [-0.3, -0.25) is 0 Å². The second-order valence-corrected chi connectivity index (χ2v) is 7.88. The van der Waals surface area contributed by atoms with Gasteiger partial charge in [-0.05, 0) is 37.5 Å². The summed E-state index contributed by atoms with van der Waals surface area (Å²) in [6.07, 6.45) is 17.8. The molecule has 0 amide bonds. The molecule has 1 nitrogen and oxygen atoms in total. The molecule has 0 heterocycles. The van der Waals surface area contributed by atoms with Crippen molar-refractivity contribution in [2.24, 2.45) is 11.8 Å². The fourth-order valence-electron chi connectivity index (χ4n) is 3.92. The third kappa shape index (κ3) is 8.24. The molecule has 1 aliphatic rings. The van der Waals surface area contributed by atoms with Crippen molar-refractivity contribution in [3.05, 3.63) is 0 Å². The van der Waals surface area contributed by atoms with E-state index in [1.54, 1.807) is 0 Å². The molecule has 2 atom stereocenters. The monoisotopic (exact) mass is 296 g/mol. The molecule has 1 aliphatic carbocycles. The normalized spacial score (nSPS) is 27.0. The molecule has 1 heteroatoms. The Bertz CT molecular complexity index is 248. The van der Waals surface area contributed by atoms with E-state index in [0.29, 0.717) is 0 Å². The predicted molar refractivity (Wildman–Crippen MR) is 93.6 cm³/mol. The summed E-state index contributed by atoms with van der Waals surface area (Å²) in [6.45, 7) is 6.96. The highest BCUT2D eigenvalue weighted by molar-refractivity contribution is 4.84. The molecule has 0 aromatic carbocycles. The van der Waals surface area contributed by atoms with Gasteiger partial charge in [0, 0.05) is 0 Å². The molecule has 0 radical (unpaired) electrons. The Morgan fingerprint density at radius 2 is 1.52 bits per heavy atom. The van der Waals surface area contributed by atoms with E-state index in [0.717, 1.165) is 31.1 Å². The van der Waals surface area contributed by atoms with Crippen LogP contribution in [-0.2, 0) is 0 Å². The zero-order valence-corrected chi connectivity index (χ0v) is 15.0. The molecule has 21 heavy (non-hydrogen) atoms. The third-order valence-electron chi connectivity index (χ3n) is 5.64. The van der Waals surface area contributed by atoms with Crippen LogP contribution >= 0.6 is 0 Å². The summed E-state index contributed by atoms with van der Waals surface area (Å²) < 4.78 is 0. The van der Waals surface area contributed by atoms with Crippen LogP contribution in [0.5, 0.6) is 0 Å². The summed E-state index contributed by atoms with van der Waals surface area (Å²) in [5, 5.41) is 10.8. The highest BCUT2D eigenvalue weighted by Crippen LogP contribution is 2.36. The number of rotatable bonds is 10. The first kappa shape index (κ1) is 19.0.